The Labute approximate surface area is 109 Å². The van der Waals surface area contributed by atoms with Crippen LogP contribution in [0.4, 0.5) is 0 Å². The van der Waals surface area contributed by atoms with Crippen molar-refractivity contribution in [2.24, 2.45) is 5.92 Å². The van der Waals surface area contributed by atoms with Crippen LogP contribution in [0.5, 0.6) is 0 Å². The molecule has 1 aromatic rings. The van der Waals surface area contributed by atoms with Crippen LogP contribution in [-0.4, -0.2) is 40.0 Å². The second-order valence-electron chi connectivity index (χ2n) is 4.41. The third-order valence-electron chi connectivity index (χ3n) is 3.23. The number of aryl methyl sites for hydroxylation is 1. The van der Waals surface area contributed by atoms with Gasteiger partial charge >= 0.3 is 5.97 Å². The van der Waals surface area contributed by atoms with Gasteiger partial charge in [-0.3, -0.25) is 9.59 Å². The molecule has 1 unspecified atom stereocenters. The molecule has 1 aromatic heterocycles. The Bertz CT molecular complexity index is 458. The average molecular weight is 268 g/mol. The first-order valence-electron chi connectivity index (χ1n) is 6.08. The van der Waals surface area contributed by atoms with Crippen LogP contribution in [0.15, 0.2) is 5.51 Å². The monoisotopic (exact) mass is 268 g/mol. The summed E-state index contributed by atoms with van der Waals surface area (Å²) in [6, 6.07) is 0. The zero-order valence-electron chi connectivity index (χ0n) is 10.3. The number of carboxylic acid groups (broad SMARTS) is 1. The van der Waals surface area contributed by atoms with Gasteiger partial charge in [0, 0.05) is 13.1 Å². The second-order valence-corrected chi connectivity index (χ2v) is 5.27. The number of carboxylic acids is 1. The number of aromatic nitrogens is 1. The molecule has 0 aromatic carbocycles. The van der Waals surface area contributed by atoms with Gasteiger partial charge in [-0.15, -0.1) is 11.3 Å². The van der Waals surface area contributed by atoms with Gasteiger partial charge in [-0.25, -0.2) is 4.98 Å². The lowest BCUT2D eigenvalue weighted by Crippen LogP contribution is -2.42. The van der Waals surface area contributed by atoms with E-state index < -0.39 is 11.9 Å². The molecule has 1 fully saturated rings. The van der Waals surface area contributed by atoms with E-state index in [0.717, 1.165) is 18.5 Å². The fraction of sp³-hybridized carbons (Fsp3) is 0.583. The number of thiazole rings is 1. The van der Waals surface area contributed by atoms with Crippen LogP contribution in [0.2, 0.25) is 0 Å². The molecule has 1 amide bonds. The molecule has 0 saturated carbocycles. The minimum Gasteiger partial charge on any atom is -0.481 e. The minimum atomic E-state index is -0.812. The van der Waals surface area contributed by atoms with Crippen LogP contribution in [0.3, 0.4) is 0 Å². The van der Waals surface area contributed by atoms with E-state index in [9.17, 15) is 9.59 Å². The fourth-order valence-corrected chi connectivity index (χ4v) is 3.05. The van der Waals surface area contributed by atoms with Crippen molar-refractivity contribution in [3.63, 3.8) is 0 Å². The van der Waals surface area contributed by atoms with Crippen molar-refractivity contribution in [1.29, 1.82) is 0 Å². The summed E-state index contributed by atoms with van der Waals surface area (Å²) in [4.78, 5) is 29.8. The van der Waals surface area contributed by atoms with Crippen LogP contribution in [0, 0.1) is 5.92 Å². The zero-order chi connectivity index (χ0) is 13.1. The molecule has 0 radical (unpaired) electrons. The summed E-state index contributed by atoms with van der Waals surface area (Å²) in [5.41, 5.74) is 2.48. The predicted octanol–water partition coefficient (Wildman–Crippen LogP) is 1.64. The van der Waals surface area contributed by atoms with Crippen molar-refractivity contribution in [2.75, 3.05) is 13.1 Å². The molecule has 2 heterocycles. The topological polar surface area (TPSA) is 70.5 Å². The van der Waals surface area contributed by atoms with Gasteiger partial charge in [-0.2, -0.15) is 0 Å². The van der Waals surface area contributed by atoms with Gasteiger partial charge in [-0.05, 0) is 19.3 Å². The van der Waals surface area contributed by atoms with E-state index >= 15 is 0 Å². The maximum Gasteiger partial charge on any atom is 0.308 e. The maximum atomic E-state index is 12.3. The van der Waals surface area contributed by atoms with Crippen molar-refractivity contribution in [3.05, 3.63) is 16.1 Å². The molecule has 0 aliphatic carbocycles. The van der Waals surface area contributed by atoms with E-state index in [2.05, 4.69) is 4.98 Å². The van der Waals surface area contributed by atoms with Gasteiger partial charge in [0.25, 0.3) is 5.91 Å². The Morgan fingerprint density at radius 1 is 1.61 bits per heavy atom. The molecule has 1 aliphatic rings. The molecule has 98 valence electrons. The molecule has 0 spiro atoms. The summed E-state index contributed by atoms with van der Waals surface area (Å²) in [5.74, 6) is -1.31. The number of hydrogen-bond acceptors (Lipinski definition) is 4. The Hall–Kier alpha value is -1.43. The zero-order valence-corrected chi connectivity index (χ0v) is 11.1. The first-order chi connectivity index (χ1) is 8.63. The molecule has 5 nitrogen and oxygen atoms in total. The third-order valence-corrected chi connectivity index (χ3v) is 4.08. The van der Waals surface area contributed by atoms with Crippen molar-refractivity contribution in [3.8, 4) is 0 Å². The largest absolute Gasteiger partial charge is 0.481 e. The highest BCUT2D eigenvalue weighted by Gasteiger charge is 2.30. The Morgan fingerprint density at radius 2 is 2.39 bits per heavy atom. The molecule has 1 atom stereocenters. The second kappa shape index (κ2) is 5.48. The lowest BCUT2D eigenvalue weighted by atomic mass is 9.98. The maximum absolute atomic E-state index is 12.3. The van der Waals surface area contributed by atoms with Crippen molar-refractivity contribution >= 4 is 23.2 Å². The van der Waals surface area contributed by atoms with E-state index in [0.29, 0.717) is 24.4 Å². The Morgan fingerprint density at radius 3 is 3.06 bits per heavy atom. The van der Waals surface area contributed by atoms with Crippen molar-refractivity contribution in [2.45, 2.75) is 26.2 Å². The van der Waals surface area contributed by atoms with E-state index in [1.54, 1.807) is 10.4 Å². The lowest BCUT2D eigenvalue weighted by molar-refractivity contribution is -0.143. The first-order valence-corrected chi connectivity index (χ1v) is 6.96. The lowest BCUT2D eigenvalue weighted by Gasteiger charge is -2.30. The number of rotatable bonds is 3. The molecule has 1 aliphatic heterocycles. The predicted molar refractivity (Wildman–Crippen MR) is 67.8 cm³/mol. The molecular formula is C12H16N2O3S. The summed E-state index contributed by atoms with van der Waals surface area (Å²) >= 11 is 1.34. The fourth-order valence-electron chi connectivity index (χ4n) is 2.20. The highest BCUT2D eigenvalue weighted by molar-refractivity contribution is 7.11. The normalized spacial score (nSPS) is 19.8. The molecule has 6 heteroatoms. The Kier molecular flexibility index (Phi) is 3.96. The number of piperidine rings is 1. The van der Waals surface area contributed by atoms with Gasteiger partial charge in [-0.1, -0.05) is 6.92 Å². The summed E-state index contributed by atoms with van der Waals surface area (Å²) in [6.45, 7) is 2.92. The van der Waals surface area contributed by atoms with E-state index in [1.807, 2.05) is 6.92 Å². The molecule has 1 saturated heterocycles. The molecule has 0 bridgehead atoms. The summed E-state index contributed by atoms with van der Waals surface area (Å²) in [7, 11) is 0. The number of amides is 1. The minimum absolute atomic E-state index is 0.0692. The molecule has 2 rings (SSSR count). The number of nitrogens with zero attached hydrogens (tertiary/aromatic N) is 2. The quantitative estimate of drug-likeness (QED) is 0.904. The number of likely N-dealkylation sites (tertiary alicyclic amines) is 1. The number of aliphatic carboxylic acids is 1. The van der Waals surface area contributed by atoms with Crippen LogP contribution in [0.25, 0.3) is 0 Å². The SMILES string of the molecule is CCc1ncsc1C(=O)N1CCCC(C(=O)O)C1. The highest BCUT2D eigenvalue weighted by atomic mass is 32.1. The number of hydrogen-bond donors (Lipinski definition) is 1. The number of carbonyl (C=O) groups excluding carboxylic acids is 1. The Balaban J connectivity index is 2.11. The standard InChI is InChI=1S/C12H16N2O3S/c1-2-9-10(18-7-13-9)11(15)14-5-3-4-8(6-14)12(16)17/h7-8H,2-6H2,1H3,(H,16,17). The molecule has 18 heavy (non-hydrogen) atoms. The average Bonchev–Trinajstić information content (AvgIpc) is 2.86. The van der Waals surface area contributed by atoms with Crippen LogP contribution < -0.4 is 0 Å². The number of carbonyl (C=O) groups is 2. The van der Waals surface area contributed by atoms with Crippen LogP contribution in [-0.2, 0) is 11.2 Å². The van der Waals surface area contributed by atoms with Gasteiger partial charge in [0.2, 0.25) is 0 Å². The van der Waals surface area contributed by atoms with Gasteiger partial charge in [0.05, 0.1) is 17.1 Å². The summed E-state index contributed by atoms with van der Waals surface area (Å²) in [6.07, 6.45) is 2.13. The first kappa shape index (κ1) is 13.0. The van der Waals surface area contributed by atoms with Gasteiger partial charge in [0.1, 0.15) is 4.88 Å². The van der Waals surface area contributed by atoms with Gasteiger partial charge in [0.15, 0.2) is 0 Å². The van der Waals surface area contributed by atoms with Crippen LogP contribution >= 0.6 is 11.3 Å². The van der Waals surface area contributed by atoms with Crippen molar-refractivity contribution < 1.29 is 14.7 Å². The van der Waals surface area contributed by atoms with E-state index in [1.165, 1.54) is 11.3 Å². The van der Waals surface area contributed by atoms with Crippen molar-refractivity contribution in [1.82, 2.24) is 9.88 Å². The van der Waals surface area contributed by atoms with Crippen LogP contribution in [0.1, 0.15) is 35.1 Å². The highest BCUT2D eigenvalue weighted by Crippen LogP contribution is 2.22. The summed E-state index contributed by atoms with van der Waals surface area (Å²) in [5, 5.41) is 9.02. The van der Waals surface area contributed by atoms with E-state index in [4.69, 9.17) is 5.11 Å². The molecular weight excluding hydrogens is 252 g/mol. The third kappa shape index (κ3) is 2.53. The smallest absolute Gasteiger partial charge is 0.308 e. The summed E-state index contributed by atoms with van der Waals surface area (Å²) < 4.78 is 0. The van der Waals surface area contributed by atoms with E-state index in [-0.39, 0.29) is 5.91 Å². The molecule has 1 N–H and O–H groups in total. The van der Waals surface area contributed by atoms with Gasteiger partial charge < -0.3 is 10.0 Å².